The van der Waals surface area contributed by atoms with Crippen LogP contribution in [-0.2, 0) is 0 Å². The largest absolute Gasteiger partial charge is 0.496 e. The molecule has 0 aliphatic carbocycles. The van der Waals surface area contributed by atoms with Gasteiger partial charge in [0.2, 0.25) is 0 Å². The summed E-state index contributed by atoms with van der Waals surface area (Å²) < 4.78 is 5.20. The molecule has 1 rings (SSSR count). The smallest absolute Gasteiger partial charge is 0.124 e. The van der Waals surface area contributed by atoms with Crippen molar-refractivity contribution in [1.82, 2.24) is 0 Å². The van der Waals surface area contributed by atoms with E-state index in [1.165, 1.54) is 0 Å². The number of hydrogen-bond acceptors (Lipinski definition) is 3. The van der Waals surface area contributed by atoms with Crippen molar-refractivity contribution < 1.29 is 9.84 Å². The molecule has 0 spiro atoms. The highest BCUT2D eigenvalue weighted by atomic mass is 35.5. The third-order valence-corrected chi connectivity index (χ3v) is 3.31. The van der Waals surface area contributed by atoms with Gasteiger partial charge in [0.05, 0.1) is 13.2 Å². The first-order valence-corrected chi connectivity index (χ1v) is 6.96. The lowest BCUT2D eigenvalue weighted by Gasteiger charge is -2.14. The quantitative estimate of drug-likeness (QED) is 0.794. The van der Waals surface area contributed by atoms with Gasteiger partial charge in [-0.3, -0.25) is 0 Å². The van der Waals surface area contributed by atoms with Crippen molar-refractivity contribution in [2.24, 2.45) is 0 Å². The zero-order chi connectivity index (χ0) is 12.0. The molecule has 90 valence electrons. The Morgan fingerprint density at radius 2 is 2.25 bits per heavy atom. The van der Waals surface area contributed by atoms with E-state index in [0.29, 0.717) is 10.8 Å². The summed E-state index contributed by atoms with van der Waals surface area (Å²) in [5.41, 5.74) is 0.774. The fourth-order valence-corrected chi connectivity index (χ4v) is 2.18. The van der Waals surface area contributed by atoms with E-state index in [1.54, 1.807) is 37.1 Å². The molecule has 0 aliphatic heterocycles. The summed E-state index contributed by atoms with van der Waals surface area (Å²) in [6, 6.07) is 5.32. The second-order valence-corrected chi connectivity index (χ2v) is 4.96. The molecule has 0 radical (unpaired) electrons. The predicted octanol–water partition coefficient (Wildman–Crippen LogP) is 3.53. The molecular formula is C12H17ClO2S. The number of halogens is 1. The van der Waals surface area contributed by atoms with Crippen molar-refractivity contribution in [3.8, 4) is 5.75 Å². The third kappa shape index (κ3) is 3.89. The van der Waals surface area contributed by atoms with E-state index >= 15 is 0 Å². The second-order valence-electron chi connectivity index (χ2n) is 3.54. The van der Waals surface area contributed by atoms with E-state index in [2.05, 4.69) is 6.26 Å². The second kappa shape index (κ2) is 7.05. The Kier molecular flexibility index (Phi) is 6.03. The lowest BCUT2D eigenvalue weighted by atomic mass is 10.0. The van der Waals surface area contributed by atoms with Crippen LogP contribution in [0.1, 0.15) is 24.5 Å². The molecule has 0 heterocycles. The van der Waals surface area contributed by atoms with Crippen LogP contribution >= 0.6 is 23.4 Å². The van der Waals surface area contributed by atoms with Crippen LogP contribution in [0.2, 0.25) is 5.02 Å². The molecule has 16 heavy (non-hydrogen) atoms. The lowest BCUT2D eigenvalue weighted by Crippen LogP contribution is -2.01. The first-order chi connectivity index (χ1) is 7.69. The van der Waals surface area contributed by atoms with Crippen molar-refractivity contribution in [2.45, 2.75) is 18.9 Å². The molecule has 1 aromatic carbocycles. The topological polar surface area (TPSA) is 29.5 Å². The molecule has 1 unspecified atom stereocenters. The number of aliphatic hydroxyl groups is 1. The highest BCUT2D eigenvalue weighted by molar-refractivity contribution is 7.98. The number of thioether (sulfide) groups is 1. The normalized spacial score (nSPS) is 12.5. The van der Waals surface area contributed by atoms with Gasteiger partial charge in [-0.1, -0.05) is 11.6 Å². The van der Waals surface area contributed by atoms with Gasteiger partial charge in [0.1, 0.15) is 5.75 Å². The Labute approximate surface area is 106 Å². The van der Waals surface area contributed by atoms with Gasteiger partial charge in [-0.15, -0.1) is 0 Å². The van der Waals surface area contributed by atoms with Gasteiger partial charge < -0.3 is 9.84 Å². The number of benzene rings is 1. The zero-order valence-corrected chi connectivity index (χ0v) is 11.1. The van der Waals surface area contributed by atoms with Crippen molar-refractivity contribution >= 4 is 23.4 Å². The van der Waals surface area contributed by atoms with Crippen molar-refractivity contribution in [1.29, 1.82) is 0 Å². The maximum Gasteiger partial charge on any atom is 0.124 e. The Morgan fingerprint density at radius 3 is 2.88 bits per heavy atom. The monoisotopic (exact) mass is 260 g/mol. The minimum absolute atomic E-state index is 0.499. The van der Waals surface area contributed by atoms with E-state index in [-0.39, 0.29) is 0 Å². The molecule has 0 bridgehead atoms. The SMILES string of the molecule is COc1ccc(Cl)cc1C(O)CCCSC. The van der Waals surface area contributed by atoms with Gasteiger partial charge in [-0.05, 0) is 43.0 Å². The standard InChI is InChI=1S/C12H17ClO2S/c1-15-12-6-5-9(13)8-10(12)11(14)4-3-7-16-2/h5-6,8,11,14H,3-4,7H2,1-2H3. The maximum absolute atomic E-state index is 10.0. The fraction of sp³-hybridized carbons (Fsp3) is 0.500. The van der Waals surface area contributed by atoms with Crippen LogP contribution in [0.3, 0.4) is 0 Å². The Morgan fingerprint density at radius 1 is 1.50 bits per heavy atom. The molecule has 2 nitrogen and oxygen atoms in total. The molecule has 0 fully saturated rings. The summed E-state index contributed by atoms with van der Waals surface area (Å²) in [6.07, 6.45) is 3.28. The van der Waals surface area contributed by atoms with E-state index < -0.39 is 6.10 Å². The van der Waals surface area contributed by atoms with Crippen LogP contribution in [0.15, 0.2) is 18.2 Å². The summed E-state index contributed by atoms with van der Waals surface area (Å²) in [5.74, 6) is 1.75. The highest BCUT2D eigenvalue weighted by Crippen LogP contribution is 2.30. The molecule has 0 amide bonds. The molecule has 0 aliphatic rings. The number of methoxy groups -OCH3 is 1. The molecule has 0 saturated carbocycles. The minimum Gasteiger partial charge on any atom is -0.496 e. The predicted molar refractivity (Wildman–Crippen MR) is 70.6 cm³/mol. The number of rotatable bonds is 6. The van der Waals surface area contributed by atoms with Gasteiger partial charge >= 0.3 is 0 Å². The summed E-state index contributed by atoms with van der Waals surface area (Å²) in [4.78, 5) is 0. The Bertz CT molecular complexity index is 331. The van der Waals surface area contributed by atoms with Crippen LogP contribution in [0.5, 0.6) is 5.75 Å². The average molecular weight is 261 g/mol. The van der Waals surface area contributed by atoms with Crippen LogP contribution in [0, 0.1) is 0 Å². The van der Waals surface area contributed by atoms with Crippen LogP contribution < -0.4 is 4.74 Å². The van der Waals surface area contributed by atoms with Crippen molar-refractivity contribution in [2.75, 3.05) is 19.1 Å². The van der Waals surface area contributed by atoms with E-state index in [1.807, 2.05) is 0 Å². The van der Waals surface area contributed by atoms with Crippen molar-refractivity contribution in [3.05, 3.63) is 28.8 Å². The molecule has 1 N–H and O–H groups in total. The van der Waals surface area contributed by atoms with Crippen LogP contribution in [0.25, 0.3) is 0 Å². The Hall–Kier alpha value is -0.380. The average Bonchev–Trinajstić information content (AvgIpc) is 2.29. The first kappa shape index (κ1) is 13.7. The summed E-state index contributed by atoms with van der Waals surface area (Å²) in [5, 5.41) is 10.7. The summed E-state index contributed by atoms with van der Waals surface area (Å²) >= 11 is 7.69. The summed E-state index contributed by atoms with van der Waals surface area (Å²) in [7, 11) is 1.60. The van der Waals surface area contributed by atoms with Crippen molar-refractivity contribution in [3.63, 3.8) is 0 Å². The molecule has 1 atom stereocenters. The number of ether oxygens (including phenoxy) is 1. The van der Waals surface area contributed by atoms with Gasteiger partial charge in [0, 0.05) is 10.6 Å². The summed E-state index contributed by atoms with van der Waals surface area (Å²) in [6.45, 7) is 0. The molecule has 4 heteroatoms. The van der Waals surface area contributed by atoms with Crippen LogP contribution in [-0.4, -0.2) is 24.2 Å². The zero-order valence-electron chi connectivity index (χ0n) is 9.57. The third-order valence-electron chi connectivity index (χ3n) is 2.38. The van der Waals surface area contributed by atoms with Gasteiger partial charge in [0.15, 0.2) is 0 Å². The first-order valence-electron chi connectivity index (χ1n) is 5.19. The molecule has 0 saturated heterocycles. The highest BCUT2D eigenvalue weighted by Gasteiger charge is 2.13. The number of aliphatic hydroxyl groups excluding tert-OH is 1. The van der Waals surface area contributed by atoms with Crippen LogP contribution in [0.4, 0.5) is 0 Å². The van der Waals surface area contributed by atoms with E-state index in [0.717, 1.165) is 24.2 Å². The molecule has 1 aromatic rings. The van der Waals surface area contributed by atoms with Gasteiger partial charge in [-0.2, -0.15) is 11.8 Å². The van der Waals surface area contributed by atoms with Gasteiger partial charge in [-0.25, -0.2) is 0 Å². The Balaban J connectivity index is 2.72. The van der Waals surface area contributed by atoms with E-state index in [4.69, 9.17) is 16.3 Å². The fourth-order valence-electron chi connectivity index (χ4n) is 1.54. The van der Waals surface area contributed by atoms with E-state index in [9.17, 15) is 5.11 Å². The molecule has 0 aromatic heterocycles. The van der Waals surface area contributed by atoms with Gasteiger partial charge in [0.25, 0.3) is 0 Å². The maximum atomic E-state index is 10.0. The lowest BCUT2D eigenvalue weighted by molar-refractivity contribution is 0.163. The number of hydrogen-bond donors (Lipinski definition) is 1. The minimum atomic E-state index is -0.499. The molecular weight excluding hydrogens is 244 g/mol.